The largest absolute Gasteiger partial charge is 0.376 e. The molecule has 4 nitrogen and oxygen atoms in total. The lowest BCUT2D eigenvalue weighted by Gasteiger charge is -2.10. The molecule has 0 radical (unpaired) electrons. The van der Waals surface area contributed by atoms with Gasteiger partial charge in [-0.15, -0.1) is 0 Å². The van der Waals surface area contributed by atoms with Crippen LogP contribution in [0.25, 0.3) is 11.0 Å². The Balaban J connectivity index is 2.64. The van der Waals surface area contributed by atoms with E-state index < -0.39 is 0 Å². The fourth-order valence-electron chi connectivity index (χ4n) is 1.61. The highest BCUT2D eigenvalue weighted by Crippen LogP contribution is 2.25. The zero-order valence-corrected chi connectivity index (χ0v) is 9.40. The maximum atomic E-state index is 5.46. The minimum absolute atomic E-state index is 0.274. The summed E-state index contributed by atoms with van der Waals surface area (Å²) in [4.78, 5) is 7.32. The summed E-state index contributed by atoms with van der Waals surface area (Å²) in [5, 5.41) is 3.23. The van der Waals surface area contributed by atoms with Crippen LogP contribution in [0.3, 0.4) is 0 Å². The SMILES string of the molecule is Cc1c(NC(N)=S)cc2[nH]cnc2c1C. The summed E-state index contributed by atoms with van der Waals surface area (Å²) in [5.74, 6) is 0. The molecular weight excluding hydrogens is 208 g/mol. The van der Waals surface area contributed by atoms with Gasteiger partial charge in [-0.05, 0) is 43.3 Å². The van der Waals surface area contributed by atoms with Crippen LogP contribution in [0.2, 0.25) is 0 Å². The van der Waals surface area contributed by atoms with Crippen molar-refractivity contribution < 1.29 is 0 Å². The van der Waals surface area contributed by atoms with Gasteiger partial charge in [-0.1, -0.05) is 0 Å². The molecule has 0 bridgehead atoms. The van der Waals surface area contributed by atoms with Gasteiger partial charge in [-0.25, -0.2) is 4.98 Å². The highest BCUT2D eigenvalue weighted by molar-refractivity contribution is 7.80. The predicted octanol–water partition coefficient (Wildman–Crippen LogP) is 1.84. The third kappa shape index (κ3) is 1.66. The van der Waals surface area contributed by atoms with E-state index in [0.29, 0.717) is 0 Å². The molecule has 15 heavy (non-hydrogen) atoms. The highest BCUT2D eigenvalue weighted by atomic mass is 32.1. The third-order valence-corrected chi connectivity index (χ3v) is 2.64. The molecule has 0 spiro atoms. The monoisotopic (exact) mass is 220 g/mol. The molecule has 78 valence electrons. The number of hydrogen-bond donors (Lipinski definition) is 3. The molecule has 0 fully saturated rings. The molecule has 4 N–H and O–H groups in total. The predicted molar refractivity (Wildman–Crippen MR) is 66.0 cm³/mol. The average molecular weight is 220 g/mol. The molecule has 0 aliphatic rings. The molecule has 5 heteroatoms. The quantitative estimate of drug-likeness (QED) is 0.641. The fourth-order valence-corrected chi connectivity index (χ4v) is 1.72. The van der Waals surface area contributed by atoms with Gasteiger partial charge in [0.05, 0.1) is 17.4 Å². The molecule has 1 aromatic carbocycles. The number of imidazole rings is 1. The minimum Gasteiger partial charge on any atom is -0.376 e. The number of aryl methyl sites for hydroxylation is 1. The first-order chi connectivity index (χ1) is 7.09. The third-order valence-electron chi connectivity index (χ3n) is 2.54. The Labute approximate surface area is 92.9 Å². The van der Waals surface area contributed by atoms with E-state index in [4.69, 9.17) is 18.0 Å². The molecule has 0 unspecified atom stereocenters. The number of nitrogens with two attached hydrogens (primary N) is 1. The van der Waals surface area contributed by atoms with Crippen molar-refractivity contribution >= 4 is 34.1 Å². The lowest BCUT2D eigenvalue weighted by atomic mass is 10.1. The van der Waals surface area contributed by atoms with Crippen LogP contribution in [0, 0.1) is 13.8 Å². The topological polar surface area (TPSA) is 66.7 Å². The van der Waals surface area contributed by atoms with Crippen molar-refractivity contribution in [1.82, 2.24) is 9.97 Å². The number of benzene rings is 1. The van der Waals surface area contributed by atoms with E-state index in [1.807, 2.05) is 19.9 Å². The van der Waals surface area contributed by atoms with Gasteiger partial charge < -0.3 is 16.0 Å². The van der Waals surface area contributed by atoms with E-state index in [9.17, 15) is 0 Å². The Morgan fingerprint density at radius 1 is 1.47 bits per heavy atom. The molecule has 2 aromatic rings. The number of hydrogen-bond acceptors (Lipinski definition) is 2. The lowest BCUT2D eigenvalue weighted by molar-refractivity contribution is 1.32. The Kier molecular flexibility index (Phi) is 2.32. The number of anilines is 1. The maximum absolute atomic E-state index is 5.46. The first kappa shape index (κ1) is 9.92. The maximum Gasteiger partial charge on any atom is 0.168 e. The highest BCUT2D eigenvalue weighted by Gasteiger charge is 2.08. The summed E-state index contributed by atoms with van der Waals surface area (Å²) in [5.41, 5.74) is 10.6. The number of rotatable bonds is 1. The fraction of sp³-hybridized carbons (Fsp3) is 0.200. The van der Waals surface area contributed by atoms with Crippen LogP contribution in [-0.4, -0.2) is 15.1 Å². The Morgan fingerprint density at radius 3 is 2.87 bits per heavy atom. The minimum atomic E-state index is 0.274. The summed E-state index contributed by atoms with van der Waals surface area (Å²) in [7, 11) is 0. The molecular formula is C10H12N4S. The van der Waals surface area contributed by atoms with Gasteiger partial charge in [-0.3, -0.25) is 0 Å². The van der Waals surface area contributed by atoms with Crippen molar-refractivity contribution in [3.05, 3.63) is 23.5 Å². The van der Waals surface area contributed by atoms with Gasteiger partial charge in [0.1, 0.15) is 0 Å². The number of nitrogens with one attached hydrogen (secondary N) is 2. The number of thiocarbonyl (C=S) groups is 1. The number of fused-ring (bicyclic) bond motifs is 1. The molecule has 0 saturated heterocycles. The summed E-state index contributed by atoms with van der Waals surface area (Å²) in [6, 6.07) is 1.96. The average Bonchev–Trinajstić information content (AvgIpc) is 2.61. The standard InChI is InChI=1S/C10H12N4S/c1-5-6(2)9-8(12-4-13-9)3-7(5)14-10(11)15/h3-4H,1-2H3,(H,12,13)(H3,11,14,15). The summed E-state index contributed by atoms with van der Waals surface area (Å²) < 4.78 is 0. The second-order valence-corrected chi connectivity index (χ2v) is 3.90. The van der Waals surface area contributed by atoms with Gasteiger partial charge in [0.25, 0.3) is 0 Å². The van der Waals surface area contributed by atoms with Crippen LogP contribution in [0.1, 0.15) is 11.1 Å². The van der Waals surface area contributed by atoms with Gasteiger partial charge >= 0.3 is 0 Å². The van der Waals surface area contributed by atoms with Crippen LogP contribution in [0.5, 0.6) is 0 Å². The van der Waals surface area contributed by atoms with Crippen molar-refractivity contribution in [2.24, 2.45) is 5.73 Å². The molecule has 1 aromatic heterocycles. The summed E-state index contributed by atoms with van der Waals surface area (Å²) in [6.45, 7) is 4.05. The van der Waals surface area contributed by atoms with E-state index >= 15 is 0 Å². The molecule has 0 aliphatic carbocycles. The zero-order valence-electron chi connectivity index (χ0n) is 8.59. The lowest BCUT2D eigenvalue weighted by Crippen LogP contribution is -2.19. The Hall–Kier alpha value is -1.62. The van der Waals surface area contributed by atoms with E-state index in [1.54, 1.807) is 6.33 Å². The molecule has 0 atom stereocenters. The number of aromatic nitrogens is 2. The zero-order chi connectivity index (χ0) is 11.0. The van der Waals surface area contributed by atoms with Gasteiger partial charge in [-0.2, -0.15) is 0 Å². The van der Waals surface area contributed by atoms with Crippen LogP contribution in [-0.2, 0) is 0 Å². The molecule has 0 saturated carbocycles. The van der Waals surface area contributed by atoms with Gasteiger partial charge in [0.2, 0.25) is 0 Å². The van der Waals surface area contributed by atoms with Crippen molar-refractivity contribution in [2.75, 3.05) is 5.32 Å². The Bertz CT molecular complexity index is 529. The van der Waals surface area contributed by atoms with E-state index in [1.165, 1.54) is 0 Å². The van der Waals surface area contributed by atoms with Gasteiger partial charge in [0.15, 0.2) is 5.11 Å². The van der Waals surface area contributed by atoms with Crippen LogP contribution in [0.4, 0.5) is 5.69 Å². The van der Waals surface area contributed by atoms with Crippen LogP contribution >= 0.6 is 12.2 Å². The van der Waals surface area contributed by atoms with Crippen molar-refractivity contribution in [3.8, 4) is 0 Å². The number of nitrogens with zero attached hydrogens (tertiary/aromatic N) is 1. The van der Waals surface area contributed by atoms with Crippen molar-refractivity contribution in [1.29, 1.82) is 0 Å². The molecule has 0 aliphatic heterocycles. The van der Waals surface area contributed by atoms with Crippen molar-refractivity contribution in [2.45, 2.75) is 13.8 Å². The molecule has 1 heterocycles. The molecule has 0 amide bonds. The molecule has 2 rings (SSSR count). The van der Waals surface area contributed by atoms with E-state index in [-0.39, 0.29) is 5.11 Å². The van der Waals surface area contributed by atoms with E-state index in [2.05, 4.69) is 15.3 Å². The first-order valence-electron chi connectivity index (χ1n) is 4.59. The smallest absolute Gasteiger partial charge is 0.168 e. The van der Waals surface area contributed by atoms with Crippen LogP contribution in [0.15, 0.2) is 12.4 Å². The van der Waals surface area contributed by atoms with Crippen LogP contribution < -0.4 is 11.1 Å². The van der Waals surface area contributed by atoms with Crippen molar-refractivity contribution in [3.63, 3.8) is 0 Å². The van der Waals surface area contributed by atoms with E-state index in [0.717, 1.165) is 27.8 Å². The number of aromatic amines is 1. The summed E-state index contributed by atoms with van der Waals surface area (Å²) >= 11 is 4.82. The second kappa shape index (κ2) is 3.51. The Morgan fingerprint density at radius 2 is 2.20 bits per heavy atom. The first-order valence-corrected chi connectivity index (χ1v) is 5.00. The summed E-state index contributed by atoms with van der Waals surface area (Å²) in [6.07, 6.45) is 1.68. The van der Waals surface area contributed by atoms with Gasteiger partial charge in [0, 0.05) is 5.69 Å². The normalized spacial score (nSPS) is 10.5. The number of H-pyrrole nitrogens is 1. The second-order valence-electron chi connectivity index (χ2n) is 3.46.